The van der Waals surface area contributed by atoms with Crippen molar-refractivity contribution in [3.8, 4) is 17.2 Å². The van der Waals surface area contributed by atoms with Crippen LogP contribution in [0.3, 0.4) is 0 Å². The summed E-state index contributed by atoms with van der Waals surface area (Å²) in [7, 11) is 1.58. The van der Waals surface area contributed by atoms with E-state index >= 15 is 0 Å². The van der Waals surface area contributed by atoms with Gasteiger partial charge in [0.1, 0.15) is 11.8 Å². The van der Waals surface area contributed by atoms with E-state index < -0.39 is 11.9 Å². The maximum atomic E-state index is 13.0. The van der Waals surface area contributed by atoms with Gasteiger partial charge in [0.2, 0.25) is 12.7 Å². The zero-order chi connectivity index (χ0) is 22.3. The van der Waals surface area contributed by atoms with Crippen molar-refractivity contribution >= 4 is 23.6 Å². The molecule has 1 aliphatic heterocycles. The molecule has 7 nitrogen and oxygen atoms in total. The second-order valence-electron chi connectivity index (χ2n) is 7.02. The first-order chi connectivity index (χ1) is 15.6. The van der Waals surface area contributed by atoms with Crippen LogP contribution in [0.5, 0.6) is 17.2 Å². The summed E-state index contributed by atoms with van der Waals surface area (Å²) >= 11 is 0. The molecule has 162 valence electrons. The zero-order valence-corrected chi connectivity index (χ0v) is 17.4. The van der Waals surface area contributed by atoms with Crippen LogP contribution in [0, 0.1) is 0 Å². The van der Waals surface area contributed by atoms with E-state index in [-0.39, 0.29) is 12.7 Å². The molecule has 0 saturated carbocycles. The van der Waals surface area contributed by atoms with Crippen LogP contribution in [0.2, 0.25) is 0 Å². The van der Waals surface area contributed by atoms with E-state index in [4.69, 9.17) is 14.2 Å². The summed E-state index contributed by atoms with van der Waals surface area (Å²) in [6.45, 7) is 0.186. The van der Waals surface area contributed by atoms with Gasteiger partial charge in [-0.2, -0.15) is 0 Å². The summed E-state index contributed by atoms with van der Waals surface area (Å²) < 4.78 is 15.8. The maximum Gasteiger partial charge on any atom is 0.251 e. The lowest BCUT2D eigenvalue weighted by Crippen LogP contribution is -2.36. The van der Waals surface area contributed by atoms with Crippen LogP contribution < -0.4 is 24.8 Å². The van der Waals surface area contributed by atoms with E-state index in [1.54, 1.807) is 61.7 Å². The fraction of sp³-hybridized carbons (Fsp3) is 0.120. The number of ether oxygens (including phenoxy) is 3. The van der Waals surface area contributed by atoms with Crippen molar-refractivity contribution in [1.82, 2.24) is 5.32 Å². The number of rotatable bonds is 7. The van der Waals surface area contributed by atoms with Crippen LogP contribution >= 0.6 is 0 Å². The van der Waals surface area contributed by atoms with E-state index in [0.29, 0.717) is 28.5 Å². The standard InChI is InChI=1S/C25H22N2O5/c1-30-20-11-9-19(10-12-20)26-25(29)24(18-5-3-2-4-6-18)27-23(28)14-8-17-7-13-21-22(15-17)32-16-31-21/h2-15,24H,16H2,1H3,(H,26,29)(H,27,28)/b14-8-. The molecule has 0 bridgehead atoms. The van der Waals surface area contributed by atoms with Gasteiger partial charge in [-0.25, -0.2) is 0 Å². The van der Waals surface area contributed by atoms with Crippen molar-refractivity contribution in [1.29, 1.82) is 0 Å². The fourth-order valence-corrected chi connectivity index (χ4v) is 3.21. The van der Waals surface area contributed by atoms with E-state index in [2.05, 4.69) is 10.6 Å². The number of hydrogen-bond donors (Lipinski definition) is 2. The van der Waals surface area contributed by atoms with Crippen molar-refractivity contribution < 1.29 is 23.8 Å². The van der Waals surface area contributed by atoms with E-state index in [0.717, 1.165) is 5.56 Å². The Labute approximate surface area is 185 Å². The summed E-state index contributed by atoms with van der Waals surface area (Å²) in [5.74, 6) is 1.23. The highest BCUT2D eigenvalue weighted by atomic mass is 16.7. The first kappa shape index (κ1) is 21.0. The van der Waals surface area contributed by atoms with Crippen LogP contribution in [0.15, 0.2) is 78.9 Å². The first-order valence-electron chi connectivity index (χ1n) is 10.0. The minimum Gasteiger partial charge on any atom is -0.497 e. The summed E-state index contributed by atoms with van der Waals surface area (Å²) in [6.07, 6.45) is 3.04. The Morgan fingerprint density at radius 3 is 2.47 bits per heavy atom. The van der Waals surface area contributed by atoms with Gasteiger partial charge < -0.3 is 24.8 Å². The monoisotopic (exact) mass is 430 g/mol. The molecule has 0 aromatic heterocycles. The molecule has 3 aromatic carbocycles. The molecule has 0 radical (unpaired) electrons. The lowest BCUT2D eigenvalue weighted by Gasteiger charge is -2.18. The molecule has 2 amide bonds. The molecular formula is C25H22N2O5. The van der Waals surface area contributed by atoms with Crippen molar-refractivity contribution in [2.45, 2.75) is 6.04 Å². The van der Waals surface area contributed by atoms with Crippen LogP contribution in [-0.4, -0.2) is 25.7 Å². The third kappa shape index (κ3) is 5.07. The molecule has 1 atom stereocenters. The Kier molecular flexibility index (Phi) is 6.36. The molecule has 0 saturated heterocycles. The topological polar surface area (TPSA) is 85.9 Å². The summed E-state index contributed by atoms with van der Waals surface area (Å²) in [4.78, 5) is 25.6. The summed E-state index contributed by atoms with van der Waals surface area (Å²) in [5, 5.41) is 5.62. The van der Waals surface area contributed by atoms with Crippen molar-refractivity contribution in [2.24, 2.45) is 0 Å². The smallest absolute Gasteiger partial charge is 0.251 e. The second kappa shape index (κ2) is 9.70. The minimum absolute atomic E-state index is 0.186. The van der Waals surface area contributed by atoms with E-state index in [1.165, 1.54) is 6.08 Å². The molecular weight excluding hydrogens is 408 g/mol. The number of nitrogens with one attached hydrogen (secondary N) is 2. The Bertz CT molecular complexity index is 1130. The number of benzene rings is 3. The molecule has 0 spiro atoms. The van der Waals surface area contributed by atoms with Gasteiger partial charge in [0, 0.05) is 11.8 Å². The number of methoxy groups -OCH3 is 1. The molecule has 7 heteroatoms. The second-order valence-corrected chi connectivity index (χ2v) is 7.02. The van der Waals surface area contributed by atoms with Crippen LogP contribution in [0.4, 0.5) is 5.69 Å². The predicted octanol–water partition coefficient (Wildman–Crippen LogP) is 3.93. The number of hydrogen-bond acceptors (Lipinski definition) is 5. The lowest BCUT2D eigenvalue weighted by atomic mass is 10.1. The molecule has 1 heterocycles. The highest BCUT2D eigenvalue weighted by Crippen LogP contribution is 2.32. The average Bonchev–Trinajstić information content (AvgIpc) is 3.30. The predicted molar refractivity (Wildman–Crippen MR) is 121 cm³/mol. The van der Waals surface area contributed by atoms with Gasteiger partial charge in [0.25, 0.3) is 5.91 Å². The van der Waals surface area contributed by atoms with Crippen molar-refractivity contribution in [2.75, 3.05) is 19.2 Å². The SMILES string of the molecule is COc1ccc(NC(=O)C(NC(=O)/C=C\c2ccc3c(c2)OCO3)c2ccccc2)cc1. The third-order valence-electron chi connectivity index (χ3n) is 4.86. The van der Waals surface area contributed by atoms with Crippen molar-refractivity contribution in [3.05, 3.63) is 90.0 Å². The highest BCUT2D eigenvalue weighted by molar-refractivity contribution is 6.00. The van der Waals surface area contributed by atoms with E-state index in [1.807, 2.05) is 24.3 Å². The van der Waals surface area contributed by atoms with Gasteiger partial charge in [0.05, 0.1) is 7.11 Å². The molecule has 1 aliphatic rings. The molecule has 3 aromatic rings. The molecule has 0 fully saturated rings. The van der Waals surface area contributed by atoms with Gasteiger partial charge in [0.15, 0.2) is 11.5 Å². The zero-order valence-electron chi connectivity index (χ0n) is 17.4. The van der Waals surface area contributed by atoms with Gasteiger partial charge in [-0.05, 0) is 53.6 Å². The Morgan fingerprint density at radius 1 is 0.969 bits per heavy atom. The minimum atomic E-state index is -0.868. The number of anilines is 1. The van der Waals surface area contributed by atoms with Gasteiger partial charge >= 0.3 is 0 Å². The normalized spacial score (nSPS) is 12.9. The molecule has 0 aliphatic carbocycles. The highest BCUT2D eigenvalue weighted by Gasteiger charge is 2.22. The third-order valence-corrected chi connectivity index (χ3v) is 4.86. The summed E-state index contributed by atoms with van der Waals surface area (Å²) in [6, 6.07) is 20.6. The van der Waals surface area contributed by atoms with Crippen LogP contribution in [-0.2, 0) is 9.59 Å². The largest absolute Gasteiger partial charge is 0.497 e. The Morgan fingerprint density at radius 2 is 1.72 bits per heavy atom. The number of amides is 2. The lowest BCUT2D eigenvalue weighted by molar-refractivity contribution is -0.123. The molecule has 2 N–H and O–H groups in total. The Balaban J connectivity index is 1.47. The first-order valence-corrected chi connectivity index (χ1v) is 10.0. The van der Waals surface area contributed by atoms with Gasteiger partial charge in [-0.1, -0.05) is 36.4 Å². The maximum absolute atomic E-state index is 13.0. The van der Waals surface area contributed by atoms with Crippen molar-refractivity contribution in [3.63, 3.8) is 0 Å². The van der Waals surface area contributed by atoms with Crippen LogP contribution in [0.25, 0.3) is 6.08 Å². The number of fused-ring (bicyclic) bond motifs is 1. The Hall–Kier alpha value is -4.26. The summed E-state index contributed by atoms with van der Waals surface area (Å²) in [5.41, 5.74) is 2.05. The quantitative estimate of drug-likeness (QED) is 0.555. The van der Waals surface area contributed by atoms with Crippen LogP contribution in [0.1, 0.15) is 17.2 Å². The van der Waals surface area contributed by atoms with Gasteiger partial charge in [-0.15, -0.1) is 0 Å². The number of carbonyl (C=O) groups is 2. The molecule has 32 heavy (non-hydrogen) atoms. The molecule has 4 rings (SSSR count). The fourth-order valence-electron chi connectivity index (χ4n) is 3.21. The van der Waals surface area contributed by atoms with Gasteiger partial charge in [-0.3, -0.25) is 9.59 Å². The number of carbonyl (C=O) groups excluding carboxylic acids is 2. The average molecular weight is 430 g/mol. The molecule has 1 unspecified atom stereocenters. The van der Waals surface area contributed by atoms with E-state index in [9.17, 15) is 9.59 Å².